The topological polar surface area (TPSA) is 45.2 Å². The van der Waals surface area contributed by atoms with Gasteiger partial charge in [-0.2, -0.15) is 0 Å². The number of anilines is 2. The lowest BCUT2D eigenvalue weighted by Crippen LogP contribution is -2.43. The van der Waals surface area contributed by atoms with Gasteiger partial charge in [0.2, 0.25) is 0 Å². The van der Waals surface area contributed by atoms with Crippen LogP contribution in [-0.4, -0.2) is 10.9 Å². The Morgan fingerprint density at radius 2 is 1.61 bits per heavy atom. The molecule has 4 aromatic rings. The standard InChI is InChI=1S/C23H16ClN3O/c24-21-18(14-15-8-4-6-12-19(15)25-21)22-26-20-13-7-5-11-17(20)23(28)27(22)16-9-2-1-3-10-16/h1-14,22,26H. The number of pyridine rings is 1. The number of nitrogens with zero attached hydrogens (tertiary/aromatic N) is 2. The van der Waals surface area contributed by atoms with E-state index in [9.17, 15) is 4.79 Å². The maximum Gasteiger partial charge on any atom is 0.262 e. The van der Waals surface area contributed by atoms with Crippen LogP contribution in [0.25, 0.3) is 10.9 Å². The number of nitrogens with one attached hydrogen (secondary N) is 1. The van der Waals surface area contributed by atoms with Gasteiger partial charge in [0.25, 0.3) is 5.91 Å². The number of aromatic nitrogens is 1. The van der Waals surface area contributed by atoms with Crippen LogP contribution >= 0.6 is 11.6 Å². The third kappa shape index (κ3) is 2.70. The molecule has 136 valence electrons. The molecule has 4 nitrogen and oxygen atoms in total. The molecule has 0 fully saturated rings. The Morgan fingerprint density at radius 3 is 2.46 bits per heavy atom. The Kier molecular flexibility index (Phi) is 3.99. The van der Waals surface area contributed by atoms with Gasteiger partial charge < -0.3 is 5.32 Å². The molecule has 1 aliphatic heterocycles. The second-order valence-corrected chi connectivity index (χ2v) is 7.02. The van der Waals surface area contributed by atoms with E-state index in [4.69, 9.17) is 11.6 Å². The molecule has 0 spiro atoms. The van der Waals surface area contributed by atoms with Crippen molar-refractivity contribution in [1.82, 2.24) is 4.98 Å². The van der Waals surface area contributed by atoms with Gasteiger partial charge in [-0.25, -0.2) is 4.98 Å². The number of hydrogen-bond donors (Lipinski definition) is 1. The SMILES string of the molecule is O=C1c2ccccc2NC(c2cc3ccccc3nc2Cl)N1c1ccccc1. The molecule has 5 rings (SSSR count). The first-order chi connectivity index (χ1) is 13.7. The normalized spacial score (nSPS) is 16.0. The van der Waals surface area contributed by atoms with Crippen molar-refractivity contribution in [2.24, 2.45) is 0 Å². The molecule has 0 saturated carbocycles. The smallest absolute Gasteiger partial charge is 0.262 e. The van der Waals surface area contributed by atoms with Gasteiger partial charge in [0.1, 0.15) is 11.3 Å². The maximum absolute atomic E-state index is 13.4. The zero-order chi connectivity index (χ0) is 19.1. The third-order valence-electron chi connectivity index (χ3n) is 4.96. The number of halogens is 1. The highest BCUT2D eigenvalue weighted by Crippen LogP contribution is 2.39. The Hall–Kier alpha value is -3.37. The molecular formula is C23H16ClN3O. The molecule has 1 unspecified atom stereocenters. The Balaban J connectivity index is 1.72. The molecule has 0 saturated heterocycles. The van der Waals surface area contributed by atoms with Crippen LogP contribution in [0.5, 0.6) is 0 Å². The van der Waals surface area contributed by atoms with Crippen LogP contribution in [-0.2, 0) is 0 Å². The number of carbonyl (C=O) groups excluding carboxylic acids is 1. The van der Waals surface area contributed by atoms with Crippen molar-refractivity contribution in [3.63, 3.8) is 0 Å². The molecule has 0 radical (unpaired) electrons. The van der Waals surface area contributed by atoms with E-state index >= 15 is 0 Å². The molecule has 1 aromatic heterocycles. The van der Waals surface area contributed by atoms with Gasteiger partial charge >= 0.3 is 0 Å². The fourth-order valence-corrected chi connectivity index (χ4v) is 3.88. The predicted octanol–water partition coefficient (Wildman–Crippen LogP) is 5.66. The van der Waals surface area contributed by atoms with Crippen molar-refractivity contribution in [3.8, 4) is 0 Å². The molecule has 1 N–H and O–H groups in total. The summed E-state index contributed by atoms with van der Waals surface area (Å²) in [5, 5.41) is 4.83. The summed E-state index contributed by atoms with van der Waals surface area (Å²) in [5.41, 5.74) is 3.79. The Bertz CT molecular complexity index is 1190. The molecular weight excluding hydrogens is 370 g/mol. The summed E-state index contributed by atoms with van der Waals surface area (Å²) < 4.78 is 0. The van der Waals surface area contributed by atoms with Crippen molar-refractivity contribution in [2.75, 3.05) is 10.2 Å². The average molecular weight is 386 g/mol. The summed E-state index contributed by atoms with van der Waals surface area (Å²) in [4.78, 5) is 19.7. The van der Waals surface area contributed by atoms with Crippen molar-refractivity contribution >= 4 is 39.8 Å². The van der Waals surface area contributed by atoms with Crippen LogP contribution in [0.2, 0.25) is 5.15 Å². The summed E-state index contributed by atoms with van der Waals surface area (Å²) in [5.74, 6) is -0.0743. The molecule has 3 aromatic carbocycles. The van der Waals surface area contributed by atoms with E-state index < -0.39 is 6.17 Å². The van der Waals surface area contributed by atoms with Crippen LogP contribution in [0.15, 0.2) is 84.9 Å². The second kappa shape index (κ2) is 6.66. The second-order valence-electron chi connectivity index (χ2n) is 6.66. The number of benzene rings is 3. The van der Waals surface area contributed by atoms with E-state index in [0.717, 1.165) is 27.8 Å². The Morgan fingerprint density at radius 1 is 0.893 bits per heavy atom. The highest BCUT2D eigenvalue weighted by Gasteiger charge is 2.35. The van der Waals surface area contributed by atoms with Crippen molar-refractivity contribution in [1.29, 1.82) is 0 Å². The molecule has 1 amide bonds. The summed E-state index contributed by atoms with van der Waals surface area (Å²) in [6.45, 7) is 0. The molecule has 0 bridgehead atoms. The largest absolute Gasteiger partial charge is 0.360 e. The van der Waals surface area contributed by atoms with E-state index in [1.165, 1.54) is 0 Å². The van der Waals surface area contributed by atoms with Gasteiger partial charge in [-0.1, -0.05) is 60.1 Å². The lowest BCUT2D eigenvalue weighted by atomic mass is 10.0. The van der Waals surface area contributed by atoms with Crippen LogP contribution in [0.4, 0.5) is 11.4 Å². The first kappa shape index (κ1) is 16.8. The van der Waals surface area contributed by atoms with Gasteiger partial charge in [-0.15, -0.1) is 0 Å². The molecule has 5 heteroatoms. The number of rotatable bonds is 2. The lowest BCUT2D eigenvalue weighted by molar-refractivity contribution is 0.0975. The van der Waals surface area contributed by atoms with Crippen molar-refractivity contribution in [3.05, 3.63) is 101 Å². The first-order valence-corrected chi connectivity index (χ1v) is 9.39. The van der Waals surface area contributed by atoms with Crippen molar-refractivity contribution < 1.29 is 4.79 Å². The van der Waals surface area contributed by atoms with Crippen LogP contribution in [0.1, 0.15) is 22.1 Å². The average Bonchev–Trinajstić information content (AvgIpc) is 2.74. The van der Waals surface area contributed by atoms with Gasteiger partial charge in [-0.05, 0) is 36.4 Å². The van der Waals surface area contributed by atoms with Crippen LogP contribution in [0, 0.1) is 0 Å². The van der Waals surface area contributed by atoms with E-state index in [-0.39, 0.29) is 5.91 Å². The monoisotopic (exact) mass is 385 g/mol. The van der Waals surface area contributed by atoms with Gasteiger partial charge in [0.15, 0.2) is 0 Å². The minimum absolute atomic E-state index is 0.0743. The van der Waals surface area contributed by atoms with Crippen LogP contribution < -0.4 is 10.2 Å². The summed E-state index contributed by atoms with van der Waals surface area (Å²) in [6, 6.07) is 26.9. The van der Waals surface area contributed by atoms with Gasteiger partial charge in [-0.3, -0.25) is 9.69 Å². The minimum Gasteiger partial charge on any atom is -0.360 e. The number of para-hydroxylation sites is 3. The quantitative estimate of drug-likeness (QED) is 0.453. The Labute approximate surface area is 167 Å². The predicted molar refractivity (Wildman–Crippen MR) is 113 cm³/mol. The summed E-state index contributed by atoms with van der Waals surface area (Å²) in [6.07, 6.45) is -0.464. The summed E-state index contributed by atoms with van der Waals surface area (Å²) in [7, 11) is 0. The molecule has 1 aliphatic rings. The summed E-state index contributed by atoms with van der Waals surface area (Å²) >= 11 is 6.58. The zero-order valence-electron chi connectivity index (χ0n) is 14.8. The number of fused-ring (bicyclic) bond motifs is 2. The molecule has 2 heterocycles. The van der Waals surface area contributed by atoms with E-state index in [1.807, 2.05) is 84.9 Å². The molecule has 0 aliphatic carbocycles. The van der Waals surface area contributed by atoms with Gasteiger partial charge in [0.05, 0.1) is 11.1 Å². The van der Waals surface area contributed by atoms with E-state index in [1.54, 1.807) is 4.90 Å². The number of carbonyl (C=O) groups is 1. The molecule has 28 heavy (non-hydrogen) atoms. The fourth-order valence-electron chi connectivity index (χ4n) is 3.63. The highest BCUT2D eigenvalue weighted by molar-refractivity contribution is 6.31. The molecule has 1 atom stereocenters. The van der Waals surface area contributed by atoms with E-state index in [0.29, 0.717) is 10.7 Å². The first-order valence-electron chi connectivity index (χ1n) is 9.02. The highest BCUT2D eigenvalue weighted by atomic mass is 35.5. The number of hydrogen-bond acceptors (Lipinski definition) is 3. The zero-order valence-corrected chi connectivity index (χ0v) is 15.6. The lowest BCUT2D eigenvalue weighted by Gasteiger charge is -2.38. The van der Waals surface area contributed by atoms with Crippen LogP contribution in [0.3, 0.4) is 0 Å². The number of amides is 1. The third-order valence-corrected chi connectivity index (χ3v) is 5.26. The van der Waals surface area contributed by atoms with Gasteiger partial charge in [0, 0.05) is 22.3 Å². The maximum atomic E-state index is 13.4. The fraction of sp³-hybridized carbons (Fsp3) is 0.0435. The minimum atomic E-state index is -0.464. The van der Waals surface area contributed by atoms with Crippen molar-refractivity contribution in [2.45, 2.75) is 6.17 Å². The van der Waals surface area contributed by atoms with E-state index in [2.05, 4.69) is 10.3 Å².